The fraction of sp³-hybridized carbons (Fsp3) is 0.462. The van der Waals surface area contributed by atoms with Crippen LogP contribution in [0.4, 0.5) is 0 Å². The summed E-state index contributed by atoms with van der Waals surface area (Å²) in [6, 6.07) is 5.36. The highest BCUT2D eigenvalue weighted by atomic mass is 32.2. The molecular formula is C13H16N2O2S. The number of pyridine rings is 1. The Kier molecular flexibility index (Phi) is 5.17. The number of nitrogens with zero attached hydrogens (tertiary/aromatic N) is 2. The Labute approximate surface area is 111 Å². The molecule has 96 valence electrons. The topological polar surface area (TPSA) is 63.0 Å². The van der Waals surface area contributed by atoms with Gasteiger partial charge in [0.1, 0.15) is 11.8 Å². The average Bonchev–Trinajstić information content (AvgIpc) is 2.37. The summed E-state index contributed by atoms with van der Waals surface area (Å²) in [6.45, 7) is 6.35. The zero-order valence-corrected chi connectivity index (χ0v) is 11.7. The van der Waals surface area contributed by atoms with Crippen LogP contribution < -0.4 is 0 Å². The van der Waals surface area contributed by atoms with Crippen molar-refractivity contribution in [3.8, 4) is 6.07 Å². The Morgan fingerprint density at radius 2 is 2.11 bits per heavy atom. The van der Waals surface area contributed by atoms with Gasteiger partial charge in [-0.1, -0.05) is 20.8 Å². The average molecular weight is 264 g/mol. The number of aromatic nitrogens is 1. The molecule has 18 heavy (non-hydrogen) atoms. The summed E-state index contributed by atoms with van der Waals surface area (Å²) in [5.41, 5.74) is 0.436. The molecule has 0 spiro atoms. The van der Waals surface area contributed by atoms with Gasteiger partial charge in [0, 0.05) is 10.1 Å². The van der Waals surface area contributed by atoms with Crippen LogP contribution in [-0.2, 0) is 4.74 Å². The monoisotopic (exact) mass is 264 g/mol. The lowest BCUT2D eigenvalue weighted by atomic mass is 10.2. The van der Waals surface area contributed by atoms with E-state index < -0.39 is 5.97 Å². The van der Waals surface area contributed by atoms with Gasteiger partial charge in [0.15, 0.2) is 5.69 Å². The Balaban J connectivity index is 3.02. The SMILES string of the molecule is COC(=O)c1ccc(SC(C)C(C)C)c(C#N)n1. The molecule has 1 rings (SSSR count). The smallest absolute Gasteiger partial charge is 0.356 e. The Bertz CT molecular complexity index is 480. The molecular weight excluding hydrogens is 248 g/mol. The van der Waals surface area contributed by atoms with Crippen LogP contribution in [0.5, 0.6) is 0 Å². The molecule has 0 aromatic carbocycles. The molecule has 5 heteroatoms. The van der Waals surface area contributed by atoms with E-state index in [0.717, 1.165) is 4.90 Å². The quantitative estimate of drug-likeness (QED) is 0.618. The van der Waals surface area contributed by atoms with Crippen molar-refractivity contribution in [2.24, 2.45) is 5.92 Å². The van der Waals surface area contributed by atoms with Crippen LogP contribution in [-0.4, -0.2) is 23.3 Å². The number of nitriles is 1. The predicted octanol–water partition coefficient (Wildman–Crippen LogP) is 2.88. The molecule has 1 aromatic rings. The lowest BCUT2D eigenvalue weighted by Gasteiger charge is -2.15. The molecule has 1 aromatic heterocycles. The Morgan fingerprint density at radius 1 is 1.44 bits per heavy atom. The van der Waals surface area contributed by atoms with E-state index in [9.17, 15) is 4.79 Å². The Hall–Kier alpha value is -1.54. The van der Waals surface area contributed by atoms with Crippen molar-refractivity contribution in [3.63, 3.8) is 0 Å². The summed E-state index contributed by atoms with van der Waals surface area (Å²) in [6.07, 6.45) is 0. The molecule has 0 saturated carbocycles. The van der Waals surface area contributed by atoms with Crippen LogP contribution in [0.25, 0.3) is 0 Å². The maximum absolute atomic E-state index is 11.3. The molecule has 0 amide bonds. The standard InChI is InChI=1S/C13H16N2O2S/c1-8(2)9(3)18-12-6-5-10(13(16)17-4)15-11(12)7-14/h5-6,8-9H,1-4H3. The maximum atomic E-state index is 11.3. The molecule has 0 saturated heterocycles. The number of thioether (sulfide) groups is 1. The van der Waals surface area contributed by atoms with Gasteiger partial charge in [0.05, 0.1) is 7.11 Å². The highest BCUT2D eigenvalue weighted by molar-refractivity contribution is 8.00. The van der Waals surface area contributed by atoms with E-state index in [1.54, 1.807) is 23.9 Å². The lowest BCUT2D eigenvalue weighted by molar-refractivity contribution is 0.0594. The zero-order chi connectivity index (χ0) is 13.7. The second-order valence-electron chi connectivity index (χ2n) is 4.21. The van der Waals surface area contributed by atoms with E-state index in [0.29, 0.717) is 11.2 Å². The molecule has 0 fully saturated rings. The van der Waals surface area contributed by atoms with Crippen molar-refractivity contribution in [2.45, 2.75) is 30.9 Å². The minimum Gasteiger partial charge on any atom is -0.464 e. The predicted molar refractivity (Wildman–Crippen MR) is 70.4 cm³/mol. The van der Waals surface area contributed by atoms with Gasteiger partial charge in [-0.2, -0.15) is 5.26 Å². The second kappa shape index (κ2) is 6.41. The normalized spacial score (nSPS) is 12.0. The van der Waals surface area contributed by atoms with Crippen molar-refractivity contribution in [1.29, 1.82) is 5.26 Å². The maximum Gasteiger partial charge on any atom is 0.356 e. The number of ether oxygens (including phenoxy) is 1. The van der Waals surface area contributed by atoms with Gasteiger partial charge in [0.2, 0.25) is 0 Å². The van der Waals surface area contributed by atoms with Gasteiger partial charge in [-0.15, -0.1) is 11.8 Å². The van der Waals surface area contributed by atoms with Crippen LogP contribution >= 0.6 is 11.8 Å². The molecule has 0 N–H and O–H groups in total. The molecule has 0 radical (unpaired) electrons. The number of methoxy groups -OCH3 is 1. The van der Waals surface area contributed by atoms with Crippen LogP contribution in [0.1, 0.15) is 37.0 Å². The summed E-state index contributed by atoms with van der Waals surface area (Å²) in [4.78, 5) is 16.1. The molecule has 1 atom stereocenters. The molecule has 0 aliphatic rings. The second-order valence-corrected chi connectivity index (χ2v) is 5.63. The number of carbonyl (C=O) groups excluding carboxylic acids is 1. The van der Waals surface area contributed by atoms with Crippen LogP contribution in [0.2, 0.25) is 0 Å². The van der Waals surface area contributed by atoms with E-state index in [1.165, 1.54) is 7.11 Å². The summed E-state index contributed by atoms with van der Waals surface area (Å²) in [5.74, 6) is -0.0261. The summed E-state index contributed by atoms with van der Waals surface area (Å²) < 4.78 is 4.58. The summed E-state index contributed by atoms with van der Waals surface area (Å²) in [7, 11) is 1.29. The molecule has 0 aliphatic carbocycles. The van der Waals surface area contributed by atoms with E-state index >= 15 is 0 Å². The highest BCUT2D eigenvalue weighted by Crippen LogP contribution is 2.29. The Morgan fingerprint density at radius 3 is 2.61 bits per heavy atom. The molecule has 0 bridgehead atoms. The third-order valence-electron chi connectivity index (χ3n) is 2.61. The van der Waals surface area contributed by atoms with Crippen LogP contribution in [0.3, 0.4) is 0 Å². The first kappa shape index (κ1) is 14.5. The van der Waals surface area contributed by atoms with Crippen molar-refractivity contribution < 1.29 is 9.53 Å². The van der Waals surface area contributed by atoms with Crippen molar-refractivity contribution in [3.05, 3.63) is 23.5 Å². The highest BCUT2D eigenvalue weighted by Gasteiger charge is 2.15. The van der Waals surface area contributed by atoms with Crippen LogP contribution in [0, 0.1) is 17.2 Å². The number of rotatable bonds is 4. The minimum absolute atomic E-state index is 0.163. The third-order valence-corrected chi connectivity index (χ3v) is 4.11. The van der Waals surface area contributed by atoms with Gasteiger partial charge < -0.3 is 4.74 Å². The van der Waals surface area contributed by atoms with Crippen LogP contribution in [0.15, 0.2) is 17.0 Å². The number of carbonyl (C=O) groups is 1. The number of hydrogen-bond acceptors (Lipinski definition) is 5. The third kappa shape index (κ3) is 3.47. The van der Waals surface area contributed by atoms with Crippen molar-refractivity contribution in [1.82, 2.24) is 4.98 Å². The van der Waals surface area contributed by atoms with Crippen molar-refractivity contribution >= 4 is 17.7 Å². The first-order valence-electron chi connectivity index (χ1n) is 5.65. The van der Waals surface area contributed by atoms with Gasteiger partial charge in [-0.05, 0) is 18.1 Å². The summed E-state index contributed by atoms with van der Waals surface area (Å²) in [5, 5.41) is 9.45. The van der Waals surface area contributed by atoms with E-state index in [2.05, 4.69) is 30.5 Å². The molecule has 1 heterocycles. The fourth-order valence-electron chi connectivity index (χ4n) is 1.18. The van der Waals surface area contributed by atoms with Gasteiger partial charge in [0.25, 0.3) is 0 Å². The lowest BCUT2D eigenvalue weighted by Crippen LogP contribution is -2.08. The van der Waals surface area contributed by atoms with Gasteiger partial charge in [-0.3, -0.25) is 0 Å². The zero-order valence-electron chi connectivity index (χ0n) is 10.9. The molecule has 1 unspecified atom stereocenters. The first-order chi connectivity index (χ1) is 8.49. The van der Waals surface area contributed by atoms with Crippen molar-refractivity contribution in [2.75, 3.05) is 7.11 Å². The van der Waals surface area contributed by atoms with E-state index in [-0.39, 0.29) is 11.4 Å². The first-order valence-corrected chi connectivity index (χ1v) is 6.53. The summed E-state index contributed by atoms with van der Waals surface area (Å²) >= 11 is 1.59. The molecule has 0 aliphatic heterocycles. The van der Waals surface area contributed by atoms with E-state index in [1.807, 2.05) is 6.07 Å². The number of hydrogen-bond donors (Lipinski definition) is 0. The van der Waals surface area contributed by atoms with Gasteiger partial charge >= 0.3 is 5.97 Å². The van der Waals surface area contributed by atoms with Gasteiger partial charge in [-0.25, -0.2) is 9.78 Å². The minimum atomic E-state index is -0.528. The largest absolute Gasteiger partial charge is 0.464 e. The number of esters is 1. The molecule has 4 nitrogen and oxygen atoms in total. The fourth-order valence-corrected chi connectivity index (χ4v) is 2.20. The van der Waals surface area contributed by atoms with E-state index in [4.69, 9.17) is 5.26 Å².